The molecule has 22 heavy (non-hydrogen) atoms. The Labute approximate surface area is 129 Å². The highest BCUT2D eigenvalue weighted by Crippen LogP contribution is 2.34. The number of amides is 2. The normalized spacial score (nSPS) is 16.6. The van der Waals surface area contributed by atoms with E-state index in [1.54, 1.807) is 11.9 Å². The number of hydrogen-bond donors (Lipinski definition) is 1. The minimum atomic E-state index is -0.435. The molecule has 0 bridgehead atoms. The molecule has 112 valence electrons. The van der Waals surface area contributed by atoms with Crippen molar-refractivity contribution in [1.29, 1.82) is 0 Å². The van der Waals surface area contributed by atoms with Crippen LogP contribution in [0.15, 0.2) is 48.5 Å². The van der Waals surface area contributed by atoms with Gasteiger partial charge in [0, 0.05) is 24.8 Å². The average Bonchev–Trinajstić information content (AvgIpc) is 2.52. The topological polar surface area (TPSA) is 49.4 Å². The number of likely N-dealkylation sites (N-methyl/N-ethyl adjacent to an activating group) is 1. The Morgan fingerprint density at radius 3 is 2.73 bits per heavy atom. The van der Waals surface area contributed by atoms with E-state index in [1.165, 1.54) is 0 Å². The van der Waals surface area contributed by atoms with E-state index in [0.717, 1.165) is 22.5 Å². The Bertz CT molecular complexity index is 739. The zero-order valence-electron chi connectivity index (χ0n) is 12.7. The smallest absolute Gasteiger partial charge is 0.234 e. The van der Waals surface area contributed by atoms with E-state index in [9.17, 15) is 9.59 Å². The van der Waals surface area contributed by atoms with Gasteiger partial charge in [0.1, 0.15) is 0 Å². The zero-order chi connectivity index (χ0) is 15.7. The Morgan fingerprint density at radius 2 is 1.95 bits per heavy atom. The van der Waals surface area contributed by atoms with Gasteiger partial charge in [0.15, 0.2) is 0 Å². The van der Waals surface area contributed by atoms with Crippen LogP contribution in [-0.2, 0) is 9.59 Å². The quantitative estimate of drug-likeness (QED) is 0.925. The lowest BCUT2D eigenvalue weighted by Gasteiger charge is -2.28. The van der Waals surface area contributed by atoms with Crippen molar-refractivity contribution in [3.63, 3.8) is 0 Å². The highest BCUT2D eigenvalue weighted by Gasteiger charge is 2.32. The lowest BCUT2D eigenvalue weighted by molar-refractivity contribution is -0.124. The second-order valence-corrected chi connectivity index (χ2v) is 5.63. The number of para-hydroxylation sites is 1. The molecule has 1 aliphatic heterocycles. The molecule has 2 aromatic carbocycles. The molecule has 0 aromatic heterocycles. The first kappa shape index (κ1) is 14.3. The van der Waals surface area contributed by atoms with E-state index in [0.29, 0.717) is 0 Å². The van der Waals surface area contributed by atoms with Gasteiger partial charge in [-0.05, 0) is 36.2 Å². The van der Waals surface area contributed by atoms with E-state index in [2.05, 4.69) is 5.32 Å². The number of carbonyl (C=O) groups excluding carboxylic acids is 2. The average molecular weight is 294 g/mol. The molecule has 2 amide bonds. The third kappa shape index (κ3) is 2.60. The molecule has 0 saturated carbocycles. The van der Waals surface area contributed by atoms with Crippen LogP contribution in [0.2, 0.25) is 0 Å². The van der Waals surface area contributed by atoms with Gasteiger partial charge in [-0.15, -0.1) is 0 Å². The number of hydrogen-bond acceptors (Lipinski definition) is 2. The maximum Gasteiger partial charge on any atom is 0.234 e. The van der Waals surface area contributed by atoms with Gasteiger partial charge >= 0.3 is 0 Å². The molecule has 1 heterocycles. The Morgan fingerprint density at radius 1 is 1.18 bits per heavy atom. The summed E-state index contributed by atoms with van der Waals surface area (Å²) in [6, 6.07) is 15.3. The Hall–Kier alpha value is -2.62. The lowest BCUT2D eigenvalue weighted by atomic mass is 9.89. The number of nitrogens with zero attached hydrogens (tertiary/aromatic N) is 1. The van der Waals surface area contributed by atoms with Crippen molar-refractivity contribution in [3.8, 4) is 0 Å². The number of nitrogens with one attached hydrogen (secondary N) is 1. The maximum absolute atomic E-state index is 12.9. The first-order valence-corrected chi connectivity index (χ1v) is 7.29. The summed E-state index contributed by atoms with van der Waals surface area (Å²) in [5.74, 6) is -0.613. The number of aryl methyl sites for hydroxylation is 1. The molecule has 2 aromatic rings. The summed E-state index contributed by atoms with van der Waals surface area (Å²) in [5.41, 5.74) is 3.55. The van der Waals surface area contributed by atoms with Crippen LogP contribution in [0.4, 0.5) is 11.4 Å². The van der Waals surface area contributed by atoms with Crippen LogP contribution in [0.3, 0.4) is 0 Å². The SMILES string of the molecule is Cc1cccc(N(C)C(=O)C2CC(=O)Nc3ccccc32)c1. The van der Waals surface area contributed by atoms with Gasteiger partial charge in [-0.1, -0.05) is 30.3 Å². The molecule has 0 radical (unpaired) electrons. The van der Waals surface area contributed by atoms with Gasteiger partial charge < -0.3 is 10.2 Å². The summed E-state index contributed by atoms with van der Waals surface area (Å²) < 4.78 is 0. The number of carbonyl (C=O) groups is 2. The zero-order valence-corrected chi connectivity index (χ0v) is 12.7. The third-order valence-corrected chi connectivity index (χ3v) is 4.02. The van der Waals surface area contributed by atoms with Crippen LogP contribution in [0.1, 0.15) is 23.5 Å². The molecular formula is C18H18N2O2. The van der Waals surface area contributed by atoms with Crippen molar-refractivity contribution in [2.24, 2.45) is 0 Å². The summed E-state index contributed by atoms with van der Waals surface area (Å²) in [4.78, 5) is 26.4. The molecule has 3 rings (SSSR count). The van der Waals surface area contributed by atoms with Crippen molar-refractivity contribution in [2.45, 2.75) is 19.3 Å². The second-order valence-electron chi connectivity index (χ2n) is 5.63. The van der Waals surface area contributed by atoms with Crippen LogP contribution >= 0.6 is 0 Å². The van der Waals surface area contributed by atoms with Crippen LogP contribution < -0.4 is 10.2 Å². The standard InChI is InChI=1S/C18H18N2O2/c1-12-6-5-7-13(10-12)20(2)18(22)15-11-17(21)19-16-9-4-3-8-14(15)16/h3-10,15H,11H2,1-2H3,(H,19,21). The molecule has 4 heteroatoms. The molecule has 4 nitrogen and oxygen atoms in total. The van der Waals surface area contributed by atoms with Gasteiger partial charge in [-0.3, -0.25) is 9.59 Å². The van der Waals surface area contributed by atoms with Gasteiger partial charge in [-0.2, -0.15) is 0 Å². The monoisotopic (exact) mass is 294 g/mol. The van der Waals surface area contributed by atoms with E-state index >= 15 is 0 Å². The van der Waals surface area contributed by atoms with Crippen LogP contribution in [0.5, 0.6) is 0 Å². The van der Waals surface area contributed by atoms with Crippen molar-refractivity contribution in [2.75, 3.05) is 17.3 Å². The predicted octanol–water partition coefficient (Wildman–Crippen LogP) is 3.08. The molecule has 1 atom stereocenters. The maximum atomic E-state index is 12.9. The molecule has 0 fully saturated rings. The van der Waals surface area contributed by atoms with Crippen molar-refractivity contribution in [3.05, 3.63) is 59.7 Å². The van der Waals surface area contributed by atoms with E-state index in [1.807, 2.05) is 55.5 Å². The fourth-order valence-corrected chi connectivity index (χ4v) is 2.83. The van der Waals surface area contributed by atoms with Crippen LogP contribution in [0.25, 0.3) is 0 Å². The summed E-state index contributed by atoms with van der Waals surface area (Å²) in [5, 5.41) is 2.82. The van der Waals surface area contributed by atoms with Gasteiger partial charge in [0.05, 0.1) is 5.92 Å². The number of benzene rings is 2. The molecule has 1 N–H and O–H groups in total. The molecule has 0 saturated heterocycles. The summed E-state index contributed by atoms with van der Waals surface area (Å²) in [6.45, 7) is 1.99. The molecular weight excluding hydrogens is 276 g/mol. The number of fused-ring (bicyclic) bond motifs is 1. The largest absolute Gasteiger partial charge is 0.326 e. The highest BCUT2D eigenvalue weighted by molar-refractivity contribution is 6.05. The Balaban J connectivity index is 1.93. The molecule has 0 aliphatic carbocycles. The van der Waals surface area contributed by atoms with Gasteiger partial charge in [0.2, 0.25) is 11.8 Å². The molecule has 1 unspecified atom stereocenters. The van der Waals surface area contributed by atoms with Crippen molar-refractivity contribution in [1.82, 2.24) is 0 Å². The highest BCUT2D eigenvalue weighted by atomic mass is 16.2. The van der Waals surface area contributed by atoms with E-state index in [-0.39, 0.29) is 18.2 Å². The Kier molecular flexibility index (Phi) is 3.67. The summed E-state index contributed by atoms with van der Waals surface area (Å²) in [6.07, 6.45) is 0.187. The molecule has 0 spiro atoms. The van der Waals surface area contributed by atoms with E-state index < -0.39 is 5.92 Å². The fraction of sp³-hybridized carbons (Fsp3) is 0.222. The predicted molar refractivity (Wildman–Crippen MR) is 87.0 cm³/mol. The fourth-order valence-electron chi connectivity index (χ4n) is 2.83. The first-order chi connectivity index (χ1) is 10.6. The third-order valence-electron chi connectivity index (χ3n) is 4.02. The number of anilines is 2. The first-order valence-electron chi connectivity index (χ1n) is 7.29. The summed E-state index contributed by atoms with van der Waals surface area (Å²) >= 11 is 0. The molecule has 1 aliphatic rings. The van der Waals surface area contributed by atoms with Crippen LogP contribution in [-0.4, -0.2) is 18.9 Å². The van der Waals surface area contributed by atoms with Gasteiger partial charge in [0.25, 0.3) is 0 Å². The number of rotatable bonds is 2. The second kappa shape index (κ2) is 5.64. The van der Waals surface area contributed by atoms with Gasteiger partial charge in [-0.25, -0.2) is 0 Å². The lowest BCUT2D eigenvalue weighted by Crippen LogP contribution is -2.36. The van der Waals surface area contributed by atoms with Crippen molar-refractivity contribution >= 4 is 23.2 Å². The van der Waals surface area contributed by atoms with E-state index in [4.69, 9.17) is 0 Å². The van der Waals surface area contributed by atoms with Crippen molar-refractivity contribution < 1.29 is 9.59 Å². The minimum Gasteiger partial charge on any atom is -0.326 e. The minimum absolute atomic E-state index is 0.0621. The van der Waals surface area contributed by atoms with Crippen LogP contribution in [0, 0.1) is 6.92 Å². The summed E-state index contributed by atoms with van der Waals surface area (Å²) in [7, 11) is 1.76.